The maximum Gasteiger partial charge on any atom is 0.335 e. The van der Waals surface area contributed by atoms with Crippen molar-refractivity contribution in [3.8, 4) is 0 Å². The lowest BCUT2D eigenvalue weighted by Gasteiger charge is -2.29. The summed E-state index contributed by atoms with van der Waals surface area (Å²) >= 11 is 1.78. The molecule has 0 bridgehead atoms. The van der Waals surface area contributed by atoms with E-state index in [2.05, 4.69) is 44.2 Å². The molecule has 1 aliphatic carbocycles. The minimum Gasteiger partial charge on any atom is -0.478 e. The van der Waals surface area contributed by atoms with Gasteiger partial charge in [0, 0.05) is 10.6 Å². The van der Waals surface area contributed by atoms with Crippen molar-refractivity contribution in [2.75, 3.05) is 0 Å². The van der Waals surface area contributed by atoms with Crippen LogP contribution in [0.25, 0.3) is 6.08 Å². The number of carboxylic acids is 1. The highest BCUT2D eigenvalue weighted by molar-refractivity contribution is 7.98. The Bertz CT molecular complexity index is 758. The molecule has 0 amide bonds. The van der Waals surface area contributed by atoms with Crippen LogP contribution in [0.4, 0.5) is 0 Å². The molecule has 23 heavy (non-hydrogen) atoms. The van der Waals surface area contributed by atoms with E-state index in [0.717, 1.165) is 17.7 Å². The van der Waals surface area contributed by atoms with E-state index in [-0.39, 0.29) is 5.41 Å². The van der Waals surface area contributed by atoms with Gasteiger partial charge >= 0.3 is 5.97 Å². The average Bonchev–Trinajstić information content (AvgIpc) is 2.53. The highest BCUT2D eigenvalue weighted by Gasteiger charge is 2.24. The molecule has 0 unspecified atom stereocenters. The Labute approximate surface area is 141 Å². The molecule has 2 aromatic rings. The first-order chi connectivity index (χ1) is 11.0. The van der Waals surface area contributed by atoms with Crippen LogP contribution in [0, 0.1) is 0 Å². The standard InChI is InChI=1S/C20H20O2S/c1-20(2)11-3-4-16-12-17(9-10-18(16)20)23-13-14-5-7-15(8-6-14)19(21)22/h3-10,12H,11,13H2,1-2H3,(H,21,22). The van der Waals surface area contributed by atoms with Gasteiger partial charge in [-0.1, -0.05) is 44.2 Å². The topological polar surface area (TPSA) is 37.3 Å². The van der Waals surface area contributed by atoms with Crippen LogP contribution in [0.15, 0.2) is 53.4 Å². The Morgan fingerprint density at radius 1 is 1.17 bits per heavy atom. The number of thioether (sulfide) groups is 1. The van der Waals surface area contributed by atoms with Gasteiger partial charge in [-0.2, -0.15) is 0 Å². The third-order valence-electron chi connectivity index (χ3n) is 4.28. The number of hydrogen-bond donors (Lipinski definition) is 1. The molecule has 0 radical (unpaired) electrons. The molecule has 0 aromatic heterocycles. The predicted octanol–water partition coefficient (Wildman–Crippen LogP) is 5.37. The maximum atomic E-state index is 10.9. The van der Waals surface area contributed by atoms with Crippen molar-refractivity contribution in [1.82, 2.24) is 0 Å². The fourth-order valence-electron chi connectivity index (χ4n) is 2.89. The minimum absolute atomic E-state index is 0.208. The molecule has 0 spiro atoms. The van der Waals surface area contributed by atoms with Crippen LogP contribution >= 0.6 is 11.8 Å². The number of fused-ring (bicyclic) bond motifs is 1. The first kappa shape index (κ1) is 15.9. The number of allylic oxidation sites excluding steroid dienone is 1. The van der Waals surface area contributed by atoms with Crippen molar-refractivity contribution >= 4 is 23.8 Å². The van der Waals surface area contributed by atoms with E-state index in [4.69, 9.17) is 5.11 Å². The predicted molar refractivity (Wildman–Crippen MR) is 96.1 cm³/mol. The average molecular weight is 324 g/mol. The van der Waals surface area contributed by atoms with Crippen molar-refractivity contribution < 1.29 is 9.90 Å². The molecular weight excluding hydrogens is 304 g/mol. The normalized spacial score (nSPS) is 15.2. The van der Waals surface area contributed by atoms with Gasteiger partial charge in [-0.15, -0.1) is 11.8 Å². The van der Waals surface area contributed by atoms with E-state index in [0.29, 0.717) is 5.56 Å². The first-order valence-electron chi connectivity index (χ1n) is 7.72. The number of rotatable bonds is 4. The molecule has 1 aliphatic rings. The minimum atomic E-state index is -0.881. The number of carbonyl (C=O) groups is 1. The largest absolute Gasteiger partial charge is 0.478 e. The van der Waals surface area contributed by atoms with Gasteiger partial charge in [-0.05, 0) is 52.8 Å². The van der Waals surface area contributed by atoms with Crippen LogP contribution < -0.4 is 0 Å². The number of benzene rings is 2. The second-order valence-corrected chi connectivity index (χ2v) is 7.58. The summed E-state index contributed by atoms with van der Waals surface area (Å²) in [6, 6.07) is 13.8. The highest BCUT2D eigenvalue weighted by atomic mass is 32.2. The number of hydrogen-bond acceptors (Lipinski definition) is 2. The zero-order valence-electron chi connectivity index (χ0n) is 13.4. The Balaban J connectivity index is 1.72. The summed E-state index contributed by atoms with van der Waals surface area (Å²) in [7, 11) is 0. The summed E-state index contributed by atoms with van der Waals surface area (Å²) in [6.45, 7) is 4.57. The van der Waals surface area contributed by atoms with E-state index in [9.17, 15) is 4.79 Å². The zero-order valence-corrected chi connectivity index (χ0v) is 14.2. The molecule has 2 nitrogen and oxygen atoms in total. The fourth-order valence-corrected chi connectivity index (χ4v) is 3.79. The summed E-state index contributed by atoms with van der Waals surface area (Å²) < 4.78 is 0. The van der Waals surface area contributed by atoms with Gasteiger partial charge in [0.2, 0.25) is 0 Å². The highest BCUT2D eigenvalue weighted by Crippen LogP contribution is 2.37. The summed E-state index contributed by atoms with van der Waals surface area (Å²) in [6.07, 6.45) is 5.55. The Morgan fingerprint density at radius 3 is 2.61 bits per heavy atom. The molecule has 0 atom stereocenters. The lowest BCUT2D eigenvalue weighted by molar-refractivity contribution is 0.0697. The van der Waals surface area contributed by atoms with Gasteiger partial charge in [0.15, 0.2) is 0 Å². The van der Waals surface area contributed by atoms with E-state index in [1.807, 2.05) is 12.1 Å². The third kappa shape index (κ3) is 3.50. The van der Waals surface area contributed by atoms with Crippen LogP contribution in [0.2, 0.25) is 0 Å². The maximum absolute atomic E-state index is 10.9. The monoisotopic (exact) mass is 324 g/mol. The zero-order chi connectivity index (χ0) is 16.4. The Kier molecular flexibility index (Phi) is 4.31. The van der Waals surface area contributed by atoms with Crippen molar-refractivity contribution in [3.05, 3.63) is 70.8 Å². The summed E-state index contributed by atoms with van der Waals surface area (Å²) in [4.78, 5) is 12.1. The van der Waals surface area contributed by atoms with Crippen LogP contribution in [-0.2, 0) is 11.2 Å². The summed E-state index contributed by atoms with van der Waals surface area (Å²) in [5.74, 6) is -0.0421. The molecule has 3 heteroatoms. The van der Waals surface area contributed by atoms with Crippen molar-refractivity contribution in [2.45, 2.75) is 36.3 Å². The lowest BCUT2D eigenvalue weighted by Crippen LogP contribution is -2.19. The van der Waals surface area contributed by atoms with Gasteiger partial charge in [-0.25, -0.2) is 4.79 Å². The SMILES string of the molecule is CC1(C)CC=Cc2cc(SCc3ccc(C(=O)O)cc3)ccc21. The van der Waals surface area contributed by atoms with E-state index < -0.39 is 5.97 Å². The van der Waals surface area contributed by atoms with E-state index >= 15 is 0 Å². The number of carboxylic acid groups (broad SMARTS) is 1. The van der Waals surface area contributed by atoms with Gasteiger partial charge < -0.3 is 5.11 Å². The van der Waals surface area contributed by atoms with Crippen LogP contribution in [-0.4, -0.2) is 11.1 Å². The smallest absolute Gasteiger partial charge is 0.335 e. The molecule has 0 saturated carbocycles. The molecule has 3 rings (SSSR count). The van der Waals surface area contributed by atoms with E-state index in [1.165, 1.54) is 16.0 Å². The molecule has 0 aliphatic heterocycles. The quantitative estimate of drug-likeness (QED) is 0.768. The van der Waals surface area contributed by atoms with Gasteiger partial charge in [0.05, 0.1) is 5.56 Å². The second kappa shape index (κ2) is 6.25. The molecule has 0 saturated heterocycles. The van der Waals surface area contributed by atoms with E-state index in [1.54, 1.807) is 23.9 Å². The lowest BCUT2D eigenvalue weighted by atomic mass is 9.76. The van der Waals surface area contributed by atoms with Gasteiger partial charge in [0.1, 0.15) is 0 Å². The molecule has 1 N–H and O–H groups in total. The molecule has 0 fully saturated rings. The van der Waals surface area contributed by atoms with Crippen LogP contribution in [0.3, 0.4) is 0 Å². The molecule has 2 aromatic carbocycles. The van der Waals surface area contributed by atoms with Crippen molar-refractivity contribution in [3.63, 3.8) is 0 Å². The van der Waals surface area contributed by atoms with Crippen molar-refractivity contribution in [1.29, 1.82) is 0 Å². The molecule has 0 heterocycles. The van der Waals surface area contributed by atoms with Gasteiger partial charge in [-0.3, -0.25) is 0 Å². The Morgan fingerprint density at radius 2 is 1.91 bits per heavy atom. The Hall–Kier alpha value is -2.00. The second-order valence-electron chi connectivity index (χ2n) is 6.53. The van der Waals surface area contributed by atoms with Crippen LogP contribution in [0.5, 0.6) is 0 Å². The fraction of sp³-hybridized carbons (Fsp3) is 0.250. The van der Waals surface area contributed by atoms with Gasteiger partial charge in [0.25, 0.3) is 0 Å². The molecular formula is C20H20O2S. The third-order valence-corrected chi connectivity index (χ3v) is 5.35. The number of aromatic carboxylic acids is 1. The van der Waals surface area contributed by atoms with Crippen LogP contribution in [0.1, 0.15) is 47.3 Å². The summed E-state index contributed by atoms with van der Waals surface area (Å²) in [5, 5.41) is 8.93. The summed E-state index contributed by atoms with van der Waals surface area (Å²) in [5.41, 5.74) is 4.40. The molecule has 118 valence electrons. The first-order valence-corrected chi connectivity index (χ1v) is 8.70. The van der Waals surface area contributed by atoms with Crippen molar-refractivity contribution in [2.24, 2.45) is 0 Å².